The van der Waals surface area contributed by atoms with E-state index in [-0.39, 0.29) is 12.2 Å². The highest BCUT2D eigenvalue weighted by Crippen LogP contribution is 2.34. The molecule has 1 rings (SSSR count). The molecule has 0 spiro atoms. The van der Waals surface area contributed by atoms with Crippen molar-refractivity contribution in [1.82, 2.24) is 4.90 Å². The molecule has 8 heteroatoms. The zero-order valence-electron chi connectivity index (χ0n) is 11.4. The Balaban J connectivity index is 2.79. The molecular weight excluding hydrogens is 309 g/mol. The summed E-state index contributed by atoms with van der Waals surface area (Å²) in [5.74, 6) is -1.23. The fourth-order valence-corrected chi connectivity index (χ4v) is 1.79. The number of likely N-dealkylation sites (N-methyl/N-ethyl adjacent to an activating group) is 1. The van der Waals surface area contributed by atoms with Crippen molar-refractivity contribution in [2.24, 2.45) is 0 Å². The van der Waals surface area contributed by atoms with E-state index in [9.17, 15) is 22.8 Å². The number of alkyl halides is 4. The van der Waals surface area contributed by atoms with E-state index in [0.29, 0.717) is 0 Å². The number of benzene rings is 1. The molecule has 0 aliphatic rings. The van der Waals surface area contributed by atoms with Crippen LogP contribution in [0.5, 0.6) is 0 Å². The van der Waals surface area contributed by atoms with Crippen LogP contribution in [0.1, 0.15) is 12.5 Å². The van der Waals surface area contributed by atoms with Gasteiger partial charge in [0.25, 0.3) is 0 Å². The summed E-state index contributed by atoms with van der Waals surface area (Å²) in [6.45, 7) is 1.05. The van der Waals surface area contributed by atoms with Gasteiger partial charge in [0, 0.05) is 7.05 Å². The van der Waals surface area contributed by atoms with Crippen LogP contribution < -0.4 is 5.32 Å². The average Bonchev–Trinajstić information content (AvgIpc) is 2.36. The average molecular weight is 323 g/mol. The molecule has 116 valence electrons. The molecule has 1 aromatic rings. The Morgan fingerprint density at radius 3 is 2.43 bits per heavy atom. The number of nitrogens with one attached hydrogen (secondary N) is 1. The number of anilines is 1. The van der Waals surface area contributed by atoms with E-state index in [2.05, 4.69) is 5.32 Å². The lowest BCUT2D eigenvalue weighted by atomic mass is 10.1. The van der Waals surface area contributed by atoms with Crippen LogP contribution in [0.25, 0.3) is 0 Å². The molecule has 2 amide bonds. The minimum absolute atomic E-state index is 0.352. The Morgan fingerprint density at radius 2 is 1.90 bits per heavy atom. The van der Waals surface area contributed by atoms with Crippen molar-refractivity contribution in [3.63, 3.8) is 0 Å². The van der Waals surface area contributed by atoms with Gasteiger partial charge in [-0.25, -0.2) is 0 Å². The highest BCUT2D eigenvalue weighted by molar-refractivity contribution is 6.30. The summed E-state index contributed by atoms with van der Waals surface area (Å²) in [5, 5.41) is 1.33. The van der Waals surface area contributed by atoms with Crippen molar-refractivity contribution in [3.05, 3.63) is 29.8 Å². The molecule has 0 radical (unpaired) electrons. The van der Waals surface area contributed by atoms with E-state index < -0.39 is 28.9 Å². The smallest absolute Gasteiger partial charge is 0.335 e. The SMILES string of the molecule is C[C@H](Cl)C(=O)N(C)CC(=O)Nc1ccccc1C(F)(F)F. The first-order valence-electron chi connectivity index (χ1n) is 5.98. The summed E-state index contributed by atoms with van der Waals surface area (Å²) >= 11 is 5.58. The van der Waals surface area contributed by atoms with Crippen LogP contribution in [0.15, 0.2) is 24.3 Å². The lowest BCUT2D eigenvalue weighted by Crippen LogP contribution is -2.38. The number of para-hydroxylation sites is 1. The maximum atomic E-state index is 12.8. The van der Waals surface area contributed by atoms with Crippen molar-refractivity contribution in [2.75, 3.05) is 18.9 Å². The van der Waals surface area contributed by atoms with Gasteiger partial charge in [-0.3, -0.25) is 9.59 Å². The predicted octanol–water partition coefficient (Wildman–Crippen LogP) is 2.73. The molecule has 0 aliphatic heterocycles. The molecule has 0 bridgehead atoms. The second-order valence-corrected chi connectivity index (χ2v) is 5.06. The van der Waals surface area contributed by atoms with Gasteiger partial charge in [0.15, 0.2) is 0 Å². The number of amides is 2. The summed E-state index contributed by atoms with van der Waals surface area (Å²) in [4.78, 5) is 24.2. The molecule has 0 saturated heterocycles. The Morgan fingerprint density at radius 1 is 1.33 bits per heavy atom. The summed E-state index contributed by atoms with van der Waals surface area (Å²) < 4.78 is 38.3. The second kappa shape index (κ2) is 6.80. The van der Waals surface area contributed by atoms with Crippen LogP contribution in [-0.2, 0) is 15.8 Å². The first-order valence-corrected chi connectivity index (χ1v) is 6.41. The third kappa shape index (κ3) is 4.93. The summed E-state index contributed by atoms with van der Waals surface area (Å²) in [5.41, 5.74) is -1.30. The van der Waals surface area contributed by atoms with Crippen LogP contribution in [0.2, 0.25) is 0 Å². The number of carbonyl (C=O) groups excluding carboxylic acids is 2. The van der Waals surface area contributed by atoms with Gasteiger partial charge >= 0.3 is 6.18 Å². The Hall–Kier alpha value is -1.76. The highest BCUT2D eigenvalue weighted by atomic mass is 35.5. The number of halogens is 4. The highest BCUT2D eigenvalue weighted by Gasteiger charge is 2.33. The summed E-state index contributed by atoms with van der Waals surface area (Å²) in [7, 11) is 1.34. The third-order valence-corrected chi connectivity index (χ3v) is 2.79. The van der Waals surface area contributed by atoms with E-state index in [4.69, 9.17) is 11.6 Å². The van der Waals surface area contributed by atoms with E-state index in [1.165, 1.54) is 26.1 Å². The van der Waals surface area contributed by atoms with Crippen molar-refractivity contribution >= 4 is 29.1 Å². The number of rotatable bonds is 4. The van der Waals surface area contributed by atoms with Crippen molar-refractivity contribution < 1.29 is 22.8 Å². The van der Waals surface area contributed by atoms with Gasteiger partial charge in [0.05, 0.1) is 17.8 Å². The lowest BCUT2D eigenvalue weighted by molar-refractivity contribution is -0.137. The molecule has 0 aliphatic carbocycles. The van der Waals surface area contributed by atoms with Gasteiger partial charge < -0.3 is 10.2 Å². The van der Waals surface area contributed by atoms with E-state index >= 15 is 0 Å². The number of nitrogens with zero attached hydrogens (tertiary/aromatic N) is 1. The monoisotopic (exact) mass is 322 g/mol. The summed E-state index contributed by atoms with van der Waals surface area (Å²) in [6.07, 6.45) is -4.57. The Labute approximate surface area is 124 Å². The van der Waals surface area contributed by atoms with E-state index in [0.717, 1.165) is 17.0 Å². The quantitative estimate of drug-likeness (QED) is 0.867. The van der Waals surface area contributed by atoms with Crippen LogP contribution in [0, 0.1) is 0 Å². The first-order chi connectivity index (χ1) is 9.62. The first kappa shape index (κ1) is 17.3. The van der Waals surface area contributed by atoms with Crippen LogP contribution in [0.3, 0.4) is 0 Å². The molecular formula is C13H14ClF3N2O2. The van der Waals surface area contributed by atoms with Gasteiger partial charge in [0.1, 0.15) is 5.38 Å². The molecule has 4 nitrogen and oxygen atoms in total. The fourth-order valence-electron chi connectivity index (χ4n) is 1.63. The summed E-state index contributed by atoms with van der Waals surface area (Å²) in [6, 6.07) is 4.61. The molecule has 0 fully saturated rings. The molecule has 0 aromatic heterocycles. The number of carbonyl (C=O) groups is 2. The minimum Gasteiger partial charge on any atom is -0.335 e. The maximum absolute atomic E-state index is 12.8. The van der Waals surface area contributed by atoms with Gasteiger partial charge in [-0.1, -0.05) is 12.1 Å². The maximum Gasteiger partial charge on any atom is 0.418 e. The van der Waals surface area contributed by atoms with Gasteiger partial charge in [0.2, 0.25) is 11.8 Å². The fraction of sp³-hybridized carbons (Fsp3) is 0.385. The molecule has 21 heavy (non-hydrogen) atoms. The zero-order valence-corrected chi connectivity index (χ0v) is 12.1. The normalized spacial score (nSPS) is 12.7. The standard InChI is InChI=1S/C13H14ClF3N2O2/c1-8(14)12(21)19(2)7-11(20)18-10-6-4-3-5-9(10)13(15,16)17/h3-6,8H,7H2,1-2H3,(H,18,20)/t8-/m0/s1. The van der Waals surface area contributed by atoms with Crippen LogP contribution in [0.4, 0.5) is 18.9 Å². The van der Waals surface area contributed by atoms with Crippen LogP contribution in [-0.4, -0.2) is 35.7 Å². The van der Waals surface area contributed by atoms with E-state index in [1.807, 2.05) is 0 Å². The van der Waals surface area contributed by atoms with Crippen LogP contribution >= 0.6 is 11.6 Å². The van der Waals surface area contributed by atoms with Crippen molar-refractivity contribution in [2.45, 2.75) is 18.5 Å². The zero-order chi connectivity index (χ0) is 16.2. The predicted molar refractivity (Wildman–Crippen MR) is 73.0 cm³/mol. The number of hydrogen-bond acceptors (Lipinski definition) is 2. The largest absolute Gasteiger partial charge is 0.418 e. The lowest BCUT2D eigenvalue weighted by Gasteiger charge is -2.19. The van der Waals surface area contributed by atoms with Gasteiger partial charge in [-0.05, 0) is 19.1 Å². The van der Waals surface area contributed by atoms with Gasteiger partial charge in [-0.2, -0.15) is 13.2 Å². The molecule has 0 unspecified atom stereocenters. The molecule has 1 N–H and O–H groups in total. The van der Waals surface area contributed by atoms with Gasteiger partial charge in [-0.15, -0.1) is 11.6 Å². The van der Waals surface area contributed by atoms with Crippen molar-refractivity contribution in [1.29, 1.82) is 0 Å². The topological polar surface area (TPSA) is 49.4 Å². The van der Waals surface area contributed by atoms with E-state index in [1.54, 1.807) is 0 Å². The Bertz CT molecular complexity index is 532. The second-order valence-electron chi connectivity index (χ2n) is 4.40. The van der Waals surface area contributed by atoms with Crippen molar-refractivity contribution in [3.8, 4) is 0 Å². The molecule has 1 aromatic carbocycles. The molecule has 0 heterocycles. The third-order valence-electron chi connectivity index (χ3n) is 2.60. The molecule has 1 atom stereocenters. The number of hydrogen-bond donors (Lipinski definition) is 1. The molecule has 0 saturated carbocycles. The Kier molecular flexibility index (Phi) is 5.60. The minimum atomic E-state index is -4.57.